The van der Waals surface area contributed by atoms with Gasteiger partial charge < -0.3 is 10.1 Å². The van der Waals surface area contributed by atoms with Crippen molar-refractivity contribution in [3.63, 3.8) is 0 Å². The van der Waals surface area contributed by atoms with Gasteiger partial charge in [-0.15, -0.1) is 5.10 Å². The van der Waals surface area contributed by atoms with Gasteiger partial charge in [-0.1, -0.05) is 48.2 Å². The van der Waals surface area contributed by atoms with Gasteiger partial charge >= 0.3 is 0 Å². The molecule has 2 aromatic rings. The van der Waals surface area contributed by atoms with Crippen molar-refractivity contribution in [1.82, 2.24) is 10.3 Å². The average Bonchev–Trinajstić information content (AvgIpc) is 3.05. The number of hydrogen-bond acceptors (Lipinski definition) is 5. The number of amidine groups is 1. The third kappa shape index (κ3) is 4.68. The van der Waals surface area contributed by atoms with E-state index in [1.807, 2.05) is 42.5 Å². The first kappa shape index (κ1) is 19.0. The maximum Gasteiger partial charge on any atom is 0.241 e. The molecule has 0 saturated heterocycles. The summed E-state index contributed by atoms with van der Waals surface area (Å²) < 4.78 is 5.87. The van der Waals surface area contributed by atoms with Crippen LogP contribution < -0.4 is 10.1 Å². The van der Waals surface area contributed by atoms with Gasteiger partial charge in [0, 0.05) is 13.8 Å². The van der Waals surface area contributed by atoms with Crippen LogP contribution in [0.25, 0.3) is 0 Å². The first-order chi connectivity index (χ1) is 12.9. The van der Waals surface area contributed by atoms with E-state index in [0.29, 0.717) is 11.8 Å². The maximum absolute atomic E-state index is 11.9. The summed E-state index contributed by atoms with van der Waals surface area (Å²) in [6.07, 6.45) is 0. The zero-order chi connectivity index (χ0) is 19.4. The van der Waals surface area contributed by atoms with Gasteiger partial charge in [-0.25, -0.2) is 5.01 Å². The van der Waals surface area contributed by atoms with E-state index in [4.69, 9.17) is 4.74 Å². The van der Waals surface area contributed by atoms with Crippen LogP contribution in [0.15, 0.2) is 53.6 Å². The quantitative estimate of drug-likeness (QED) is 0.876. The smallest absolute Gasteiger partial charge is 0.241 e. The lowest BCUT2D eigenvalue weighted by Crippen LogP contribution is -2.25. The number of hydrogen-bond donors (Lipinski definition) is 1. The normalized spacial score (nSPS) is 16.0. The van der Waals surface area contributed by atoms with Crippen LogP contribution in [0.4, 0.5) is 0 Å². The monoisotopic (exact) mass is 383 g/mol. The van der Waals surface area contributed by atoms with Gasteiger partial charge in [0.05, 0.1) is 0 Å². The molecule has 2 aromatic carbocycles. The van der Waals surface area contributed by atoms with Crippen LogP contribution in [-0.2, 0) is 16.2 Å². The van der Waals surface area contributed by atoms with E-state index in [9.17, 15) is 9.59 Å². The molecule has 0 aromatic heterocycles. The molecule has 140 valence electrons. The van der Waals surface area contributed by atoms with Crippen LogP contribution in [0.5, 0.6) is 5.75 Å². The number of carbonyl (C=O) groups excluding carboxylic acids is 2. The van der Waals surface area contributed by atoms with Crippen molar-refractivity contribution in [3.8, 4) is 5.75 Å². The summed E-state index contributed by atoms with van der Waals surface area (Å²) in [7, 11) is 0. The molecular weight excluding hydrogens is 362 g/mol. The van der Waals surface area contributed by atoms with Crippen molar-refractivity contribution in [2.75, 3.05) is 0 Å². The number of carbonyl (C=O) groups is 2. The van der Waals surface area contributed by atoms with Crippen LogP contribution >= 0.6 is 11.8 Å². The molecule has 0 unspecified atom stereocenters. The average molecular weight is 383 g/mol. The first-order valence-corrected chi connectivity index (χ1v) is 9.42. The highest BCUT2D eigenvalue weighted by Gasteiger charge is 2.32. The number of ether oxygens (including phenoxy) is 1. The van der Waals surface area contributed by atoms with E-state index in [1.165, 1.54) is 36.2 Å². The van der Waals surface area contributed by atoms with E-state index < -0.39 is 0 Å². The molecule has 0 radical (unpaired) electrons. The number of nitrogens with zero attached hydrogens (tertiary/aromatic N) is 2. The Bertz CT molecular complexity index is 880. The maximum atomic E-state index is 11.9. The highest BCUT2D eigenvalue weighted by Crippen LogP contribution is 2.39. The van der Waals surface area contributed by atoms with Gasteiger partial charge in [-0.05, 0) is 35.7 Å². The number of thioether (sulfide) groups is 1. The van der Waals surface area contributed by atoms with Crippen molar-refractivity contribution in [2.45, 2.75) is 32.8 Å². The largest absolute Gasteiger partial charge is 0.489 e. The Morgan fingerprint density at radius 3 is 2.48 bits per heavy atom. The second kappa shape index (κ2) is 8.26. The molecule has 1 heterocycles. The van der Waals surface area contributed by atoms with Crippen molar-refractivity contribution >= 4 is 28.7 Å². The molecule has 0 bridgehead atoms. The SMILES string of the molecule is CC(=O)NC1=NN(C(C)=O)[C@@H](c2ccc(OCc3ccccc3C)cc2)S1. The molecule has 27 heavy (non-hydrogen) atoms. The number of aryl methyl sites for hydroxylation is 1. The molecule has 2 amide bonds. The summed E-state index contributed by atoms with van der Waals surface area (Å²) in [5.41, 5.74) is 3.24. The van der Waals surface area contributed by atoms with Gasteiger partial charge in [0.25, 0.3) is 0 Å². The Labute approximate surface area is 162 Å². The van der Waals surface area contributed by atoms with Gasteiger partial charge in [0.15, 0.2) is 5.17 Å². The number of nitrogens with one attached hydrogen (secondary N) is 1. The molecule has 0 aliphatic carbocycles. The minimum atomic E-state index is -0.310. The van der Waals surface area contributed by atoms with E-state index >= 15 is 0 Å². The van der Waals surface area contributed by atoms with Crippen LogP contribution in [0, 0.1) is 6.92 Å². The molecule has 3 rings (SSSR count). The van der Waals surface area contributed by atoms with E-state index in [-0.39, 0.29) is 17.2 Å². The van der Waals surface area contributed by atoms with Crippen LogP contribution in [0.2, 0.25) is 0 Å². The van der Waals surface area contributed by atoms with Crippen molar-refractivity contribution in [1.29, 1.82) is 0 Å². The molecule has 1 aliphatic rings. The molecular formula is C20H21N3O3S. The van der Waals surface area contributed by atoms with Crippen LogP contribution in [0.1, 0.15) is 35.9 Å². The lowest BCUT2D eigenvalue weighted by Gasteiger charge is -2.19. The summed E-state index contributed by atoms with van der Waals surface area (Å²) >= 11 is 1.33. The third-order valence-electron chi connectivity index (χ3n) is 4.07. The molecule has 0 fully saturated rings. The zero-order valence-corrected chi connectivity index (χ0v) is 16.2. The molecule has 1 aliphatic heterocycles. The third-order valence-corrected chi connectivity index (χ3v) is 5.17. The highest BCUT2D eigenvalue weighted by atomic mass is 32.2. The minimum Gasteiger partial charge on any atom is -0.489 e. The number of amides is 2. The van der Waals surface area contributed by atoms with Gasteiger partial charge in [-0.2, -0.15) is 0 Å². The molecule has 1 atom stereocenters. The summed E-state index contributed by atoms with van der Waals surface area (Å²) in [5, 5.41) is 8.31. The Morgan fingerprint density at radius 1 is 1.15 bits per heavy atom. The standard InChI is InChI=1S/C20H21N3O3S/c1-13-6-4-5-7-17(13)12-26-18-10-8-16(9-11-18)19-23(15(3)25)22-20(27-19)21-14(2)24/h4-11,19H,12H2,1-3H3,(H,21,22,24)/t19-/m1/s1. The zero-order valence-electron chi connectivity index (χ0n) is 15.4. The van der Waals surface area contributed by atoms with Crippen molar-refractivity contribution < 1.29 is 14.3 Å². The summed E-state index contributed by atoms with van der Waals surface area (Å²) in [6.45, 7) is 5.42. The first-order valence-electron chi connectivity index (χ1n) is 8.54. The highest BCUT2D eigenvalue weighted by molar-refractivity contribution is 8.14. The Kier molecular flexibility index (Phi) is 5.81. The molecule has 7 heteroatoms. The second-order valence-corrected chi connectivity index (χ2v) is 7.27. The van der Waals surface area contributed by atoms with Crippen molar-refractivity contribution in [3.05, 3.63) is 65.2 Å². The molecule has 1 N–H and O–H groups in total. The van der Waals surface area contributed by atoms with Gasteiger partial charge in [0.2, 0.25) is 11.8 Å². The summed E-state index contributed by atoms with van der Waals surface area (Å²) in [5.74, 6) is 0.348. The Morgan fingerprint density at radius 2 is 1.85 bits per heavy atom. The fourth-order valence-electron chi connectivity index (χ4n) is 2.64. The summed E-state index contributed by atoms with van der Waals surface area (Å²) in [6, 6.07) is 15.7. The minimum absolute atomic E-state index is 0.187. The fourth-order valence-corrected chi connectivity index (χ4v) is 3.78. The lowest BCUT2D eigenvalue weighted by molar-refractivity contribution is -0.129. The Balaban J connectivity index is 1.68. The van der Waals surface area contributed by atoms with Gasteiger partial charge in [0.1, 0.15) is 17.7 Å². The number of rotatable bonds is 4. The topological polar surface area (TPSA) is 71.0 Å². The number of benzene rings is 2. The predicted octanol–water partition coefficient (Wildman–Crippen LogP) is 3.58. The van der Waals surface area contributed by atoms with Gasteiger partial charge in [-0.3, -0.25) is 9.59 Å². The lowest BCUT2D eigenvalue weighted by atomic mass is 10.1. The van der Waals surface area contributed by atoms with E-state index in [0.717, 1.165) is 16.9 Å². The van der Waals surface area contributed by atoms with Crippen molar-refractivity contribution in [2.24, 2.45) is 5.10 Å². The number of hydrazone groups is 1. The fraction of sp³-hybridized carbons (Fsp3) is 0.250. The predicted molar refractivity (Wildman–Crippen MR) is 106 cm³/mol. The van der Waals surface area contributed by atoms with E-state index in [1.54, 1.807) is 0 Å². The summed E-state index contributed by atoms with van der Waals surface area (Å²) in [4.78, 5) is 23.1. The van der Waals surface area contributed by atoms with E-state index in [2.05, 4.69) is 23.4 Å². The molecule has 6 nitrogen and oxygen atoms in total. The van der Waals surface area contributed by atoms with Crippen LogP contribution in [-0.4, -0.2) is 22.0 Å². The second-order valence-electron chi connectivity index (χ2n) is 6.20. The Hall–Kier alpha value is -2.80. The molecule has 0 saturated carbocycles. The van der Waals surface area contributed by atoms with Crippen LogP contribution in [0.3, 0.4) is 0 Å². The molecule has 0 spiro atoms.